The van der Waals surface area contributed by atoms with Crippen LogP contribution in [-0.2, 0) is 4.79 Å². The monoisotopic (exact) mass is 272 g/mol. The van der Waals surface area contributed by atoms with E-state index in [4.69, 9.17) is 5.11 Å². The Morgan fingerprint density at radius 1 is 1.33 bits per heavy atom. The van der Waals surface area contributed by atoms with Crippen LogP contribution in [0.25, 0.3) is 0 Å². The number of rotatable bonds is 3. The third-order valence-corrected chi connectivity index (χ3v) is 2.19. The summed E-state index contributed by atoms with van der Waals surface area (Å²) in [7, 11) is 0. The highest BCUT2D eigenvalue weighted by Gasteiger charge is 2.05. The molecule has 0 bridgehead atoms. The minimum absolute atomic E-state index is 0.164. The normalized spacial score (nSPS) is 10.5. The molecule has 0 amide bonds. The van der Waals surface area contributed by atoms with Crippen LogP contribution < -0.4 is 0 Å². The fraction of sp³-hybridized carbons (Fsp3) is 0. The van der Waals surface area contributed by atoms with Gasteiger partial charge in [0.1, 0.15) is 5.82 Å². The number of hydrogen-bond acceptors (Lipinski definition) is 2. The topological polar surface area (TPSA) is 54.4 Å². The summed E-state index contributed by atoms with van der Waals surface area (Å²) in [5.41, 5.74) is 0.223. The number of carbonyl (C=O) groups excluding carboxylic acids is 1. The van der Waals surface area contributed by atoms with E-state index < -0.39 is 17.6 Å². The molecule has 0 heterocycles. The van der Waals surface area contributed by atoms with Gasteiger partial charge in [0.15, 0.2) is 5.78 Å². The zero-order chi connectivity index (χ0) is 11.4. The summed E-state index contributed by atoms with van der Waals surface area (Å²) < 4.78 is 13.0. The highest BCUT2D eigenvalue weighted by atomic mass is 79.9. The van der Waals surface area contributed by atoms with Crippen LogP contribution in [-0.4, -0.2) is 16.9 Å². The maximum absolute atomic E-state index is 12.8. The van der Waals surface area contributed by atoms with Crippen LogP contribution in [0.4, 0.5) is 4.39 Å². The number of ketones is 1. The van der Waals surface area contributed by atoms with Gasteiger partial charge in [-0.1, -0.05) is 0 Å². The Bertz CT molecular complexity index is 440. The maximum Gasteiger partial charge on any atom is 0.328 e. The largest absolute Gasteiger partial charge is 0.478 e. The van der Waals surface area contributed by atoms with Gasteiger partial charge < -0.3 is 5.11 Å². The van der Waals surface area contributed by atoms with Gasteiger partial charge in [0.05, 0.1) is 4.47 Å². The molecule has 0 saturated carbocycles. The molecule has 0 radical (unpaired) electrons. The average Bonchev–Trinajstić information content (AvgIpc) is 2.18. The first-order valence-electron chi connectivity index (χ1n) is 3.91. The quantitative estimate of drug-likeness (QED) is 0.679. The second-order valence-electron chi connectivity index (χ2n) is 2.66. The summed E-state index contributed by atoms with van der Waals surface area (Å²) in [4.78, 5) is 21.5. The molecule has 0 aliphatic carbocycles. The van der Waals surface area contributed by atoms with E-state index in [1.165, 1.54) is 12.1 Å². The first kappa shape index (κ1) is 11.6. The fourth-order valence-corrected chi connectivity index (χ4v) is 1.27. The molecule has 0 spiro atoms. The number of benzene rings is 1. The molecule has 0 aliphatic heterocycles. The number of carboxylic acids is 1. The van der Waals surface area contributed by atoms with Crippen LogP contribution in [0.15, 0.2) is 34.8 Å². The molecule has 0 saturated heterocycles. The van der Waals surface area contributed by atoms with Crippen LogP contribution in [0.3, 0.4) is 0 Å². The molecule has 0 aromatic heterocycles. The van der Waals surface area contributed by atoms with Gasteiger partial charge in [-0.05, 0) is 40.2 Å². The molecule has 78 valence electrons. The van der Waals surface area contributed by atoms with E-state index in [0.29, 0.717) is 0 Å². The van der Waals surface area contributed by atoms with Crippen molar-refractivity contribution in [2.45, 2.75) is 0 Å². The van der Waals surface area contributed by atoms with Crippen molar-refractivity contribution in [2.24, 2.45) is 0 Å². The molecule has 1 aromatic rings. The van der Waals surface area contributed by atoms with Crippen molar-refractivity contribution in [1.82, 2.24) is 0 Å². The number of carboxylic acid groups (broad SMARTS) is 1. The van der Waals surface area contributed by atoms with Crippen LogP contribution in [0.5, 0.6) is 0 Å². The van der Waals surface area contributed by atoms with E-state index in [2.05, 4.69) is 15.9 Å². The molecule has 1 rings (SSSR count). The Morgan fingerprint density at radius 2 is 2.00 bits per heavy atom. The first-order valence-corrected chi connectivity index (χ1v) is 4.70. The lowest BCUT2D eigenvalue weighted by Crippen LogP contribution is -1.97. The summed E-state index contributed by atoms with van der Waals surface area (Å²) >= 11 is 2.93. The number of allylic oxidation sites excluding steroid dienone is 1. The SMILES string of the molecule is O=C(O)/C=C/C(=O)c1ccc(F)c(Br)c1. The van der Waals surface area contributed by atoms with Crippen molar-refractivity contribution >= 4 is 27.7 Å². The smallest absolute Gasteiger partial charge is 0.328 e. The van der Waals surface area contributed by atoms with Gasteiger partial charge in [-0.25, -0.2) is 9.18 Å². The van der Waals surface area contributed by atoms with Crippen LogP contribution in [0, 0.1) is 5.82 Å². The second-order valence-corrected chi connectivity index (χ2v) is 3.52. The summed E-state index contributed by atoms with van der Waals surface area (Å²) in [6.45, 7) is 0. The van der Waals surface area contributed by atoms with Crippen molar-refractivity contribution < 1.29 is 19.1 Å². The first-order chi connectivity index (χ1) is 7.00. The second kappa shape index (κ2) is 4.84. The van der Waals surface area contributed by atoms with Crippen LogP contribution in [0.2, 0.25) is 0 Å². The zero-order valence-corrected chi connectivity index (χ0v) is 8.99. The van der Waals surface area contributed by atoms with E-state index in [9.17, 15) is 14.0 Å². The Balaban J connectivity index is 2.92. The van der Waals surface area contributed by atoms with E-state index in [0.717, 1.165) is 18.2 Å². The molecule has 15 heavy (non-hydrogen) atoms. The highest BCUT2D eigenvalue weighted by molar-refractivity contribution is 9.10. The number of aliphatic carboxylic acids is 1. The highest BCUT2D eigenvalue weighted by Crippen LogP contribution is 2.17. The summed E-state index contributed by atoms with van der Waals surface area (Å²) in [6.07, 6.45) is 1.65. The summed E-state index contributed by atoms with van der Waals surface area (Å²) in [5.74, 6) is -2.17. The van der Waals surface area contributed by atoms with E-state index in [1.807, 2.05) is 0 Å². The molecule has 0 unspecified atom stereocenters. The maximum atomic E-state index is 12.8. The summed E-state index contributed by atoms with van der Waals surface area (Å²) in [5, 5.41) is 8.30. The number of halogens is 2. The molecule has 0 aliphatic rings. The van der Waals surface area contributed by atoms with Gasteiger partial charge in [-0.2, -0.15) is 0 Å². The Labute approximate surface area is 93.4 Å². The molecular weight excluding hydrogens is 267 g/mol. The Kier molecular flexibility index (Phi) is 3.74. The number of hydrogen-bond donors (Lipinski definition) is 1. The lowest BCUT2D eigenvalue weighted by molar-refractivity contribution is -0.131. The molecule has 0 atom stereocenters. The van der Waals surface area contributed by atoms with Gasteiger partial charge in [0.2, 0.25) is 0 Å². The van der Waals surface area contributed by atoms with E-state index in [1.54, 1.807) is 0 Å². The lowest BCUT2D eigenvalue weighted by Gasteiger charge is -1.97. The minimum atomic E-state index is -1.20. The van der Waals surface area contributed by atoms with Crippen molar-refractivity contribution in [3.05, 3.63) is 46.2 Å². The van der Waals surface area contributed by atoms with Crippen LogP contribution >= 0.6 is 15.9 Å². The summed E-state index contributed by atoms with van der Waals surface area (Å²) in [6, 6.07) is 3.71. The average molecular weight is 273 g/mol. The number of carbonyl (C=O) groups is 2. The van der Waals surface area contributed by atoms with Crippen molar-refractivity contribution in [2.75, 3.05) is 0 Å². The van der Waals surface area contributed by atoms with Gasteiger partial charge in [-0.15, -0.1) is 0 Å². The third-order valence-electron chi connectivity index (χ3n) is 1.58. The standard InChI is InChI=1S/C10H6BrFO3/c11-7-5-6(1-2-8(7)12)9(13)3-4-10(14)15/h1-5H,(H,14,15)/b4-3+. The molecule has 0 fully saturated rings. The molecule has 1 N–H and O–H groups in total. The zero-order valence-electron chi connectivity index (χ0n) is 7.41. The van der Waals surface area contributed by atoms with Crippen molar-refractivity contribution in [3.8, 4) is 0 Å². The van der Waals surface area contributed by atoms with E-state index in [-0.39, 0.29) is 10.0 Å². The third kappa shape index (κ3) is 3.28. The van der Waals surface area contributed by atoms with Crippen molar-refractivity contribution in [1.29, 1.82) is 0 Å². The van der Waals surface area contributed by atoms with Gasteiger partial charge in [-0.3, -0.25) is 4.79 Å². The molecular formula is C10H6BrFO3. The van der Waals surface area contributed by atoms with Gasteiger partial charge >= 0.3 is 5.97 Å². The van der Waals surface area contributed by atoms with Gasteiger partial charge in [0, 0.05) is 11.6 Å². The van der Waals surface area contributed by atoms with Crippen LogP contribution in [0.1, 0.15) is 10.4 Å². The van der Waals surface area contributed by atoms with Crippen molar-refractivity contribution in [3.63, 3.8) is 0 Å². The fourth-order valence-electron chi connectivity index (χ4n) is 0.893. The Hall–Kier alpha value is -1.49. The molecule has 3 nitrogen and oxygen atoms in total. The minimum Gasteiger partial charge on any atom is -0.478 e. The molecule has 5 heteroatoms. The van der Waals surface area contributed by atoms with E-state index >= 15 is 0 Å². The predicted molar refractivity (Wildman–Crippen MR) is 55.2 cm³/mol. The Morgan fingerprint density at radius 3 is 2.53 bits per heavy atom. The lowest BCUT2D eigenvalue weighted by atomic mass is 10.1. The predicted octanol–water partition coefficient (Wildman–Crippen LogP) is 2.41. The molecule has 1 aromatic carbocycles. The van der Waals surface area contributed by atoms with Gasteiger partial charge in [0.25, 0.3) is 0 Å².